The number of ether oxygens (including phenoxy) is 1. The van der Waals surface area contributed by atoms with Crippen molar-refractivity contribution in [1.82, 2.24) is 0 Å². The maximum atomic E-state index is 12.7. The van der Waals surface area contributed by atoms with Crippen LogP contribution in [0.1, 0.15) is 93.6 Å². The third-order valence-corrected chi connectivity index (χ3v) is 6.46. The summed E-state index contributed by atoms with van der Waals surface area (Å²) in [5.74, 6) is 2.16. The molecule has 0 saturated heterocycles. The molecule has 2 atom stereocenters. The number of hydrogen-bond donors (Lipinski definition) is 2. The van der Waals surface area contributed by atoms with Crippen LogP contribution < -0.4 is 10.1 Å². The van der Waals surface area contributed by atoms with E-state index in [1.807, 2.05) is 25.1 Å². The molecule has 0 bridgehead atoms. The Labute approximate surface area is 207 Å². The van der Waals surface area contributed by atoms with Gasteiger partial charge in [0.1, 0.15) is 11.5 Å². The summed E-state index contributed by atoms with van der Waals surface area (Å²) in [5, 5.41) is 14.0. The summed E-state index contributed by atoms with van der Waals surface area (Å²) in [5.41, 5.74) is 3.65. The Bertz CT molecular complexity index is 925. The van der Waals surface area contributed by atoms with Gasteiger partial charge in [0.15, 0.2) is 0 Å². The number of carbonyl (C=O) groups excluding carboxylic acids is 1. The first-order valence-electron chi connectivity index (χ1n) is 12.8. The molecular weight excluding hydrogens is 422 g/mol. The van der Waals surface area contributed by atoms with Gasteiger partial charge < -0.3 is 15.2 Å². The summed E-state index contributed by atoms with van der Waals surface area (Å²) < 4.78 is 6.08. The minimum Gasteiger partial charge on any atom is -0.508 e. The minimum absolute atomic E-state index is 0.0167. The molecule has 0 aromatic heterocycles. The molecule has 1 amide bonds. The first-order chi connectivity index (χ1) is 15.6. The van der Waals surface area contributed by atoms with E-state index >= 15 is 0 Å². The Hall–Kier alpha value is -2.23. The third-order valence-electron chi connectivity index (χ3n) is 6.46. The number of rotatable bonds is 8. The number of aliphatic hydroxyl groups is 1. The van der Waals surface area contributed by atoms with Crippen LogP contribution >= 0.6 is 0 Å². The number of benzene rings is 1. The van der Waals surface area contributed by atoms with Gasteiger partial charge in [0.25, 0.3) is 0 Å². The third kappa shape index (κ3) is 7.92. The Balaban J connectivity index is 2.02. The number of aryl methyl sites for hydroxylation is 1. The average Bonchev–Trinajstić information content (AvgIpc) is 2.67. The predicted octanol–water partition coefficient (Wildman–Crippen LogP) is 8.38. The van der Waals surface area contributed by atoms with E-state index in [-0.39, 0.29) is 28.8 Å². The molecule has 1 aliphatic rings. The van der Waals surface area contributed by atoms with E-state index in [4.69, 9.17) is 4.74 Å². The molecule has 1 aromatic rings. The maximum absolute atomic E-state index is 12.7. The van der Waals surface area contributed by atoms with Gasteiger partial charge in [0.2, 0.25) is 5.91 Å². The van der Waals surface area contributed by atoms with Crippen molar-refractivity contribution in [2.75, 3.05) is 5.32 Å². The number of anilines is 1. The first kappa shape index (κ1) is 28.0. The summed E-state index contributed by atoms with van der Waals surface area (Å²) in [6, 6.07) is 5.84. The summed E-state index contributed by atoms with van der Waals surface area (Å²) in [6.07, 6.45) is 5.35. The minimum atomic E-state index is -0.143. The number of nitrogens with one attached hydrogen (secondary N) is 1. The molecular formula is C30H47NO3. The molecule has 2 N–H and O–H groups in total. The molecule has 4 heteroatoms. The Morgan fingerprint density at radius 1 is 1.12 bits per heavy atom. The fourth-order valence-electron chi connectivity index (χ4n) is 4.68. The molecule has 0 fully saturated rings. The zero-order valence-corrected chi connectivity index (χ0v) is 23.1. The van der Waals surface area contributed by atoms with E-state index in [1.165, 1.54) is 0 Å². The lowest BCUT2D eigenvalue weighted by atomic mass is 9.70. The van der Waals surface area contributed by atoms with Crippen LogP contribution in [0.15, 0.2) is 41.2 Å². The topological polar surface area (TPSA) is 58.6 Å². The fraction of sp³-hybridized carbons (Fsp3) is 0.633. The summed E-state index contributed by atoms with van der Waals surface area (Å²) >= 11 is 0. The zero-order valence-electron chi connectivity index (χ0n) is 23.1. The van der Waals surface area contributed by atoms with Crippen molar-refractivity contribution in [2.45, 2.75) is 101 Å². The van der Waals surface area contributed by atoms with E-state index in [2.05, 4.69) is 73.7 Å². The zero-order chi connectivity index (χ0) is 25.8. The molecule has 2 rings (SSSR count). The van der Waals surface area contributed by atoms with E-state index in [1.54, 1.807) is 0 Å². The van der Waals surface area contributed by atoms with Crippen LogP contribution in [-0.4, -0.2) is 17.1 Å². The Kier molecular flexibility index (Phi) is 9.07. The summed E-state index contributed by atoms with van der Waals surface area (Å²) in [4.78, 5) is 12.7. The normalized spacial score (nSPS) is 18.1. The first-order valence-corrected chi connectivity index (χ1v) is 12.8. The molecule has 4 nitrogen and oxygen atoms in total. The van der Waals surface area contributed by atoms with Crippen molar-refractivity contribution < 1.29 is 14.6 Å². The smallest absolute Gasteiger partial charge is 0.224 e. The maximum Gasteiger partial charge on any atom is 0.224 e. The van der Waals surface area contributed by atoms with Gasteiger partial charge in [-0.25, -0.2) is 0 Å². The lowest BCUT2D eigenvalue weighted by Crippen LogP contribution is -2.25. The van der Waals surface area contributed by atoms with Gasteiger partial charge in [0.05, 0.1) is 6.10 Å². The number of aliphatic hydroxyl groups excluding tert-OH is 1. The van der Waals surface area contributed by atoms with Crippen LogP contribution in [0, 0.1) is 29.6 Å². The highest BCUT2D eigenvalue weighted by Crippen LogP contribution is 2.44. The number of amides is 1. The Morgan fingerprint density at radius 2 is 1.76 bits per heavy atom. The SMILES string of the molecule is Cc1cc(NC(=O)CCC2C=C(C(C)(C)C)C(O)=C(C(C)(C)C)C2)ccc1OC(C)CC(C)C. The average molecular weight is 470 g/mol. The molecule has 0 spiro atoms. The van der Waals surface area contributed by atoms with Crippen LogP contribution in [0.25, 0.3) is 0 Å². The lowest BCUT2D eigenvalue weighted by Gasteiger charge is -2.35. The molecule has 34 heavy (non-hydrogen) atoms. The van der Waals surface area contributed by atoms with Crippen molar-refractivity contribution in [2.24, 2.45) is 22.7 Å². The van der Waals surface area contributed by atoms with Crippen molar-refractivity contribution in [3.63, 3.8) is 0 Å². The van der Waals surface area contributed by atoms with Gasteiger partial charge in [-0.15, -0.1) is 0 Å². The highest BCUT2D eigenvalue weighted by atomic mass is 16.5. The van der Waals surface area contributed by atoms with Crippen molar-refractivity contribution in [1.29, 1.82) is 0 Å². The Morgan fingerprint density at radius 3 is 2.29 bits per heavy atom. The van der Waals surface area contributed by atoms with Gasteiger partial charge in [-0.2, -0.15) is 0 Å². The molecule has 0 saturated carbocycles. The molecule has 0 heterocycles. The van der Waals surface area contributed by atoms with E-state index in [0.29, 0.717) is 18.1 Å². The van der Waals surface area contributed by atoms with Crippen LogP contribution in [-0.2, 0) is 4.79 Å². The number of carbonyl (C=O) groups is 1. The second-order valence-corrected chi connectivity index (χ2v) is 12.5. The number of allylic oxidation sites excluding steroid dienone is 3. The summed E-state index contributed by atoms with van der Waals surface area (Å²) in [7, 11) is 0. The number of hydrogen-bond acceptors (Lipinski definition) is 3. The van der Waals surface area contributed by atoms with Crippen molar-refractivity contribution in [3.8, 4) is 5.75 Å². The largest absolute Gasteiger partial charge is 0.508 e. The van der Waals surface area contributed by atoms with E-state index in [0.717, 1.165) is 47.4 Å². The molecule has 0 aliphatic heterocycles. The highest BCUT2D eigenvalue weighted by molar-refractivity contribution is 5.90. The van der Waals surface area contributed by atoms with Crippen LogP contribution in [0.4, 0.5) is 5.69 Å². The van der Waals surface area contributed by atoms with Gasteiger partial charge in [-0.05, 0) is 90.7 Å². The molecule has 0 radical (unpaired) electrons. The lowest BCUT2D eigenvalue weighted by molar-refractivity contribution is -0.116. The monoisotopic (exact) mass is 469 g/mol. The predicted molar refractivity (Wildman–Crippen MR) is 143 cm³/mol. The van der Waals surface area contributed by atoms with Gasteiger partial charge >= 0.3 is 0 Å². The highest BCUT2D eigenvalue weighted by Gasteiger charge is 2.33. The quantitative estimate of drug-likeness (QED) is 0.402. The van der Waals surface area contributed by atoms with Crippen molar-refractivity contribution in [3.05, 3.63) is 46.7 Å². The van der Waals surface area contributed by atoms with Gasteiger partial charge in [-0.1, -0.05) is 61.5 Å². The van der Waals surface area contributed by atoms with Crippen molar-refractivity contribution >= 4 is 11.6 Å². The van der Waals surface area contributed by atoms with E-state index < -0.39 is 0 Å². The van der Waals surface area contributed by atoms with Gasteiger partial charge in [0, 0.05) is 12.1 Å². The molecule has 190 valence electrons. The molecule has 1 aromatic carbocycles. The molecule has 1 aliphatic carbocycles. The van der Waals surface area contributed by atoms with Gasteiger partial charge in [-0.3, -0.25) is 4.79 Å². The van der Waals surface area contributed by atoms with Crippen LogP contribution in [0.5, 0.6) is 5.75 Å². The summed E-state index contributed by atoms with van der Waals surface area (Å²) in [6.45, 7) is 21.3. The van der Waals surface area contributed by atoms with E-state index in [9.17, 15) is 9.90 Å². The molecule has 2 unspecified atom stereocenters. The second kappa shape index (κ2) is 11.0. The standard InChI is InChI=1S/C30H47NO3/c1-19(2)15-21(4)34-26-13-12-23(16-20(26)3)31-27(32)14-11-22-17-24(29(5,6)7)28(33)25(18-22)30(8,9)10/h12-13,16-17,19,21-22,33H,11,14-15,18H2,1-10H3,(H,31,32). The fourth-order valence-corrected chi connectivity index (χ4v) is 4.68. The second-order valence-electron chi connectivity index (χ2n) is 12.5. The van der Waals surface area contributed by atoms with Crippen LogP contribution in [0.2, 0.25) is 0 Å². The van der Waals surface area contributed by atoms with Crippen LogP contribution in [0.3, 0.4) is 0 Å².